The summed E-state index contributed by atoms with van der Waals surface area (Å²) in [7, 11) is 0. The second-order valence-corrected chi connectivity index (χ2v) is 7.43. The van der Waals surface area contributed by atoms with Crippen LogP contribution in [0, 0.1) is 0 Å². The Morgan fingerprint density at radius 3 is 2.53 bits per heavy atom. The molecule has 5 nitrogen and oxygen atoms in total. The van der Waals surface area contributed by atoms with Crippen LogP contribution < -0.4 is 10.1 Å². The molecule has 2 N–H and O–H groups in total. The van der Waals surface area contributed by atoms with E-state index < -0.39 is 5.97 Å². The molecule has 0 saturated carbocycles. The average molecular weight is 444 g/mol. The zero-order valence-corrected chi connectivity index (χ0v) is 17.6. The van der Waals surface area contributed by atoms with Crippen molar-refractivity contribution in [2.45, 2.75) is 20.0 Å². The number of ether oxygens (including phenoxy) is 1. The Morgan fingerprint density at radius 2 is 1.80 bits per heavy atom. The van der Waals surface area contributed by atoms with Crippen LogP contribution in [0.5, 0.6) is 5.75 Å². The monoisotopic (exact) mass is 443 g/mol. The minimum atomic E-state index is -1.01. The largest absolute Gasteiger partial charge is 0.487 e. The molecule has 0 spiro atoms. The Hall–Kier alpha value is -3.02. The fourth-order valence-electron chi connectivity index (χ4n) is 3.03. The first kappa shape index (κ1) is 21.7. The van der Waals surface area contributed by atoms with Crippen molar-refractivity contribution in [3.05, 3.63) is 93.0 Å². The van der Waals surface area contributed by atoms with Gasteiger partial charge in [0.25, 0.3) is 0 Å². The lowest BCUT2D eigenvalue weighted by atomic mass is 9.99. The van der Waals surface area contributed by atoms with E-state index in [9.17, 15) is 14.7 Å². The van der Waals surface area contributed by atoms with E-state index in [1.54, 1.807) is 42.5 Å². The molecule has 3 aromatic carbocycles. The minimum absolute atomic E-state index is 0.153. The molecule has 7 heteroatoms. The Balaban J connectivity index is 1.82. The summed E-state index contributed by atoms with van der Waals surface area (Å²) in [6.07, 6.45) is 0.259. The second kappa shape index (κ2) is 9.65. The zero-order valence-electron chi connectivity index (χ0n) is 16.1. The van der Waals surface area contributed by atoms with Crippen LogP contribution in [-0.4, -0.2) is 17.0 Å². The molecule has 0 aliphatic carbocycles. The summed E-state index contributed by atoms with van der Waals surface area (Å²) in [6.45, 7) is 1.68. The summed E-state index contributed by atoms with van der Waals surface area (Å²) in [5.74, 6) is -0.724. The Kier molecular flexibility index (Phi) is 6.98. The molecule has 30 heavy (non-hydrogen) atoms. The third-order valence-electron chi connectivity index (χ3n) is 4.41. The Morgan fingerprint density at radius 1 is 1.03 bits per heavy atom. The van der Waals surface area contributed by atoms with Crippen LogP contribution in [0.1, 0.15) is 34.0 Å². The number of hydrogen-bond donors (Lipinski definition) is 2. The highest BCUT2D eigenvalue weighted by atomic mass is 35.5. The summed E-state index contributed by atoms with van der Waals surface area (Å²) < 4.78 is 5.87. The second-order valence-electron chi connectivity index (χ2n) is 6.65. The topological polar surface area (TPSA) is 75.6 Å². The molecule has 0 saturated heterocycles. The van der Waals surface area contributed by atoms with Gasteiger partial charge in [0.05, 0.1) is 10.6 Å². The molecular weight excluding hydrogens is 425 g/mol. The van der Waals surface area contributed by atoms with Gasteiger partial charge in [0.2, 0.25) is 5.91 Å². The van der Waals surface area contributed by atoms with Crippen molar-refractivity contribution in [2.75, 3.05) is 5.32 Å². The number of amides is 1. The van der Waals surface area contributed by atoms with Crippen molar-refractivity contribution in [1.82, 2.24) is 0 Å². The molecule has 1 amide bonds. The Labute approximate surface area is 184 Å². The van der Waals surface area contributed by atoms with Crippen molar-refractivity contribution in [3.63, 3.8) is 0 Å². The third-order valence-corrected chi connectivity index (χ3v) is 5.18. The molecule has 3 aromatic rings. The molecule has 0 aliphatic rings. The number of hydrogen-bond acceptors (Lipinski definition) is 3. The van der Waals surface area contributed by atoms with E-state index >= 15 is 0 Å². The predicted molar refractivity (Wildman–Crippen MR) is 118 cm³/mol. The van der Waals surface area contributed by atoms with Crippen molar-refractivity contribution in [2.24, 2.45) is 0 Å². The number of nitrogens with one attached hydrogen (secondary N) is 1. The van der Waals surface area contributed by atoms with Gasteiger partial charge in [-0.3, -0.25) is 4.79 Å². The Bertz CT molecular complexity index is 1100. The lowest BCUT2D eigenvalue weighted by molar-refractivity contribution is -0.114. The van der Waals surface area contributed by atoms with Gasteiger partial charge < -0.3 is 15.2 Å². The first-order valence-corrected chi connectivity index (χ1v) is 9.88. The number of carbonyl (C=O) groups is 2. The number of carboxylic acid groups (broad SMARTS) is 1. The predicted octanol–water partition coefficient (Wildman–Crippen LogP) is 5.82. The number of anilines is 1. The maximum atomic E-state index is 11.5. The van der Waals surface area contributed by atoms with Crippen LogP contribution in [0.15, 0.2) is 60.7 Å². The van der Waals surface area contributed by atoms with Crippen molar-refractivity contribution >= 4 is 40.8 Å². The highest BCUT2D eigenvalue weighted by Crippen LogP contribution is 2.36. The fraction of sp³-hybridized carbons (Fsp3) is 0.130. The minimum Gasteiger partial charge on any atom is -0.487 e. The first-order valence-electron chi connectivity index (χ1n) is 9.12. The maximum Gasteiger partial charge on any atom is 0.335 e. The quantitative estimate of drug-likeness (QED) is 0.482. The number of carbonyl (C=O) groups excluding carboxylic acids is 1. The molecule has 0 aliphatic heterocycles. The number of halogens is 2. The molecular formula is C23H19Cl2NO4. The highest BCUT2D eigenvalue weighted by molar-refractivity contribution is 6.37. The molecule has 0 heterocycles. The average Bonchev–Trinajstić information content (AvgIpc) is 2.70. The van der Waals surface area contributed by atoms with E-state index in [0.29, 0.717) is 32.6 Å². The lowest BCUT2D eigenvalue weighted by Crippen LogP contribution is -2.06. The van der Waals surface area contributed by atoms with Gasteiger partial charge in [0, 0.05) is 24.1 Å². The van der Waals surface area contributed by atoms with Gasteiger partial charge in [-0.2, -0.15) is 0 Å². The third kappa shape index (κ3) is 5.32. The summed E-state index contributed by atoms with van der Waals surface area (Å²) >= 11 is 12.9. The summed E-state index contributed by atoms with van der Waals surface area (Å²) in [4.78, 5) is 22.7. The molecule has 0 bridgehead atoms. The zero-order chi connectivity index (χ0) is 21.7. The smallest absolute Gasteiger partial charge is 0.335 e. The van der Waals surface area contributed by atoms with Gasteiger partial charge >= 0.3 is 5.97 Å². The van der Waals surface area contributed by atoms with Crippen LogP contribution in [0.4, 0.5) is 5.69 Å². The summed E-state index contributed by atoms with van der Waals surface area (Å²) in [5.41, 5.74) is 2.93. The molecule has 0 fully saturated rings. The summed E-state index contributed by atoms with van der Waals surface area (Å²) in [6, 6.07) is 17.4. The maximum absolute atomic E-state index is 11.5. The van der Waals surface area contributed by atoms with Crippen LogP contribution in [0.2, 0.25) is 10.0 Å². The first-order chi connectivity index (χ1) is 14.3. The van der Waals surface area contributed by atoms with Crippen molar-refractivity contribution in [3.8, 4) is 5.75 Å². The highest BCUT2D eigenvalue weighted by Gasteiger charge is 2.16. The molecule has 154 valence electrons. The molecule has 3 rings (SSSR count). The van der Waals surface area contributed by atoms with Crippen LogP contribution in [-0.2, 0) is 17.8 Å². The lowest BCUT2D eigenvalue weighted by Gasteiger charge is -2.14. The van der Waals surface area contributed by atoms with Crippen molar-refractivity contribution < 1.29 is 19.4 Å². The SMILES string of the molecule is CC(=O)Nc1cccc(COc2ccc(Cl)c(Cc3ccccc3C(=O)O)c2Cl)c1. The summed E-state index contributed by atoms with van der Waals surface area (Å²) in [5, 5.41) is 12.9. The van der Waals surface area contributed by atoms with Crippen LogP contribution in [0.25, 0.3) is 0 Å². The number of aromatic carboxylic acids is 1. The van der Waals surface area contributed by atoms with Gasteiger partial charge in [-0.1, -0.05) is 53.5 Å². The molecule has 0 unspecified atom stereocenters. The fourth-order valence-corrected chi connectivity index (χ4v) is 3.59. The van der Waals surface area contributed by atoms with Crippen molar-refractivity contribution in [1.29, 1.82) is 0 Å². The van der Waals surface area contributed by atoms with E-state index in [1.807, 2.05) is 18.2 Å². The van der Waals surface area contributed by atoms with E-state index in [4.69, 9.17) is 27.9 Å². The van der Waals surface area contributed by atoms with Gasteiger partial charge in [-0.15, -0.1) is 0 Å². The van der Waals surface area contributed by atoms with E-state index in [1.165, 1.54) is 6.92 Å². The number of benzene rings is 3. The van der Waals surface area contributed by atoms with E-state index in [-0.39, 0.29) is 24.5 Å². The van der Waals surface area contributed by atoms with Gasteiger partial charge in [-0.05, 0) is 47.0 Å². The van der Waals surface area contributed by atoms with Gasteiger partial charge in [0.15, 0.2) is 0 Å². The molecule has 0 aromatic heterocycles. The standard InChI is InChI=1S/C23H19Cl2NO4/c1-14(27)26-17-7-4-5-15(11-17)13-30-21-10-9-20(24)19(22(21)25)12-16-6-2-3-8-18(16)23(28)29/h2-11H,12-13H2,1H3,(H,26,27)(H,28,29). The van der Waals surface area contributed by atoms with Crippen LogP contribution >= 0.6 is 23.2 Å². The molecule has 0 radical (unpaired) electrons. The normalized spacial score (nSPS) is 10.5. The number of carboxylic acids is 1. The van der Waals surface area contributed by atoms with E-state index in [2.05, 4.69) is 5.32 Å². The molecule has 0 atom stereocenters. The number of rotatable bonds is 7. The van der Waals surface area contributed by atoms with E-state index in [0.717, 1.165) is 5.56 Å². The van der Waals surface area contributed by atoms with Crippen LogP contribution in [0.3, 0.4) is 0 Å². The van der Waals surface area contributed by atoms with Gasteiger partial charge in [0.1, 0.15) is 12.4 Å². The van der Waals surface area contributed by atoms with Gasteiger partial charge in [-0.25, -0.2) is 4.79 Å².